The molecule has 0 saturated carbocycles. The summed E-state index contributed by atoms with van der Waals surface area (Å²) in [5.74, 6) is 0.728. The van der Waals surface area contributed by atoms with Crippen molar-refractivity contribution in [2.75, 3.05) is 0 Å². The Kier molecular flexibility index (Phi) is 3.66. The Balaban J connectivity index is 1.89. The van der Waals surface area contributed by atoms with Gasteiger partial charge < -0.3 is 10.5 Å². The topological polar surface area (TPSA) is 66.0 Å². The number of rotatable bonds is 4. The van der Waals surface area contributed by atoms with Crippen LogP contribution < -0.4 is 10.5 Å². The van der Waals surface area contributed by atoms with Gasteiger partial charge in [-0.2, -0.15) is 4.98 Å². The Morgan fingerprint density at radius 2 is 1.90 bits per heavy atom. The van der Waals surface area contributed by atoms with Gasteiger partial charge in [0.05, 0.1) is 5.69 Å². The number of hydrogen-bond acceptors (Lipinski definition) is 4. The lowest BCUT2D eigenvalue weighted by molar-refractivity contribution is 0.433. The largest absolute Gasteiger partial charge is 0.423 e. The maximum Gasteiger partial charge on any atom is 0.341 e. The fourth-order valence-corrected chi connectivity index (χ4v) is 2.11. The fourth-order valence-electron chi connectivity index (χ4n) is 2.11. The summed E-state index contributed by atoms with van der Waals surface area (Å²) < 4.78 is 7.49. The molecule has 2 N–H and O–H groups in total. The molecule has 0 aliphatic heterocycles. The van der Waals surface area contributed by atoms with Gasteiger partial charge in [0.1, 0.15) is 12.1 Å². The molecule has 3 aromatic rings. The van der Waals surface area contributed by atoms with E-state index in [0.29, 0.717) is 12.6 Å². The van der Waals surface area contributed by atoms with E-state index in [2.05, 4.69) is 10.1 Å². The van der Waals surface area contributed by atoms with E-state index in [1.807, 2.05) is 55.5 Å². The second-order valence-corrected chi connectivity index (χ2v) is 4.68. The molecule has 0 aliphatic carbocycles. The third kappa shape index (κ3) is 2.78. The van der Waals surface area contributed by atoms with Crippen molar-refractivity contribution >= 4 is 0 Å². The lowest BCUT2D eigenvalue weighted by atomic mass is 10.1. The third-order valence-corrected chi connectivity index (χ3v) is 3.20. The molecule has 106 valence electrons. The molecular weight excluding hydrogens is 264 g/mol. The minimum atomic E-state index is 0.308. The van der Waals surface area contributed by atoms with E-state index in [1.54, 1.807) is 11.0 Å². The number of aryl methyl sites for hydroxylation is 1. The van der Waals surface area contributed by atoms with E-state index in [4.69, 9.17) is 10.5 Å². The zero-order valence-electron chi connectivity index (χ0n) is 11.7. The van der Waals surface area contributed by atoms with E-state index < -0.39 is 0 Å². The van der Waals surface area contributed by atoms with Gasteiger partial charge in [-0.05, 0) is 24.6 Å². The molecule has 2 aromatic carbocycles. The fraction of sp³-hybridized carbons (Fsp3) is 0.125. The summed E-state index contributed by atoms with van der Waals surface area (Å²) in [6.45, 7) is 2.39. The minimum Gasteiger partial charge on any atom is -0.423 e. The van der Waals surface area contributed by atoms with Gasteiger partial charge in [-0.1, -0.05) is 36.4 Å². The Morgan fingerprint density at radius 1 is 1.10 bits per heavy atom. The van der Waals surface area contributed by atoms with Gasteiger partial charge in [-0.25, -0.2) is 4.68 Å². The molecule has 0 amide bonds. The number of nitrogens with two attached hydrogens (primary N) is 1. The predicted molar refractivity (Wildman–Crippen MR) is 80.5 cm³/mol. The van der Waals surface area contributed by atoms with Crippen LogP contribution in [-0.2, 0) is 6.54 Å². The Labute approximate surface area is 123 Å². The standard InChI is InChI=1S/C16H16N4O/c1-12-6-5-7-13(10-17)15(12)21-16-18-11-20(19-16)14-8-3-2-4-9-14/h2-9,11H,10,17H2,1H3. The molecule has 0 aliphatic rings. The summed E-state index contributed by atoms with van der Waals surface area (Å²) in [7, 11) is 0. The van der Waals surface area contributed by atoms with E-state index in [1.165, 1.54) is 0 Å². The van der Waals surface area contributed by atoms with Crippen molar-refractivity contribution < 1.29 is 4.74 Å². The van der Waals surface area contributed by atoms with Crippen LogP contribution in [0.2, 0.25) is 0 Å². The highest BCUT2D eigenvalue weighted by Gasteiger charge is 2.10. The van der Waals surface area contributed by atoms with Crippen LogP contribution in [0.25, 0.3) is 5.69 Å². The highest BCUT2D eigenvalue weighted by molar-refractivity contribution is 5.42. The molecule has 0 bridgehead atoms. The normalized spacial score (nSPS) is 10.6. The van der Waals surface area contributed by atoms with Crippen molar-refractivity contribution in [3.8, 4) is 17.4 Å². The lowest BCUT2D eigenvalue weighted by Gasteiger charge is -2.09. The first-order valence-electron chi connectivity index (χ1n) is 6.71. The van der Waals surface area contributed by atoms with Crippen molar-refractivity contribution in [3.63, 3.8) is 0 Å². The average molecular weight is 280 g/mol. The molecule has 0 saturated heterocycles. The van der Waals surface area contributed by atoms with E-state index >= 15 is 0 Å². The molecule has 1 aromatic heterocycles. The molecule has 5 nitrogen and oxygen atoms in total. The van der Waals surface area contributed by atoms with Gasteiger partial charge in [0.15, 0.2) is 0 Å². The van der Waals surface area contributed by atoms with Gasteiger partial charge >= 0.3 is 6.01 Å². The molecule has 1 heterocycles. The number of benzene rings is 2. The summed E-state index contributed by atoms with van der Waals surface area (Å²) in [5.41, 5.74) is 8.62. The molecule has 21 heavy (non-hydrogen) atoms. The Morgan fingerprint density at radius 3 is 2.67 bits per heavy atom. The van der Waals surface area contributed by atoms with Crippen LogP contribution in [0.3, 0.4) is 0 Å². The van der Waals surface area contributed by atoms with E-state index in [0.717, 1.165) is 22.6 Å². The van der Waals surface area contributed by atoms with Crippen LogP contribution in [0.5, 0.6) is 11.8 Å². The lowest BCUT2D eigenvalue weighted by Crippen LogP contribution is -2.01. The van der Waals surface area contributed by atoms with E-state index in [-0.39, 0.29) is 0 Å². The third-order valence-electron chi connectivity index (χ3n) is 3.20. The molecule has 5 heteroatoms. The van der Waals surface area contributed by atoms with Crippen LogP contribution in [0, 0.1) is 6.92 Å². The predicted octanol–water partition coefficient (Wildman–Crippen LogP) is 2.83. The molecule has 3 rings (SSSR count). The second-order valence-electron chi connectivity index (χ2n) is 4.68. The van der Waals surface area contributed by atoms with Crippen LogP contribution in [0.4, 0.5) is 0 Å². The number of ether oxygens (including phenoxy) is 1. The summed E-state index contributed by atoms with van der Waals surface area (Å²) >= 11 is 0. The van der Waals surface area contributed by atoms with Crippen LogP contribution in [0.1, 0.15) is 11.1 Å². The number of hydrogen-bond donors (Lipinski definition) is 1. The Bertz CT molecular complexity index is 737. The van der Waals surface area contributed by atoms with Gasteiger partial charge in [0, 0.05) is 12.1 Å². The van der Waals surface area contributed by atoms with Crippen LogP contribution in [-0.4, -0.2) is 14.8 Å². The molecule has 0 radical (unpaired) electrons. The van der Waals surface area contributed by atoms with Crippen LogP contribution >= 0.6 is 0 Å². The monoisotopic (exact) mass is 280 g/mol. The molecule has 0 fully saturated rings. The smallest absolute Gasteiger partial charge is 0.341 e. The maximum absolute atomic E-state index is 5.81. The number of para-hydroxylation sites is 2. The SMILES string of the molecule is Cc1cccc(CN)c1Oc1ncn(-c2ccccc2)n1. The molecule has 0 spiro atoms. The highest BCUT2D eigenvalue weighted by Crippen LogP contribution is 2.27. The van der Waals surface area contributed by atoms with Crippen molar-refractivity contribution in [2.45, 2.75) is 13.5 Å². The zero-order chi connectivity index (χ0) is 14.7. The number of aromatic nitrogens is 3. The highest BCUT2D eigenvalue weighted by atomic mass is 16.5. The van der Waals surface area contributed by atoms with Crippen molar-refractivity contribution in [1.29, 1.82) is 0 Å². The second kappa shape index (κ2) is 5.76. The summed E-state index contributed by atoms with van der Waals surface area (Å²) in [6.07, 6.45) is 1.63. The van der Waals surface area contributed by atoms with Gasteiger partial charge in [0.25, 0.3) is 0 Å². The quantitative estimate of drug-likeness (QED) is 0.798. The first kappa shape index (κ1) is 13.3. The average Bonchev–Trinajstić information content (AvgIpc) is 2.99. The molecule has 0 unspecified atom stereocenters. The molecular formula is C16H16N4O. The maximum atomic E-state index is 5.81. The zero-order valence-corrected chi connectivity index (χ0v) is 11.7. The van der Waals surface area contributed by atoms with Crippen molar-refractivity contribution in [1.82, 2.24) is 14.8 Å². The number of nitrogens with zero attached hydrogens (tertiary/aromatic N) is 3. The van der Waals surface area contributed by atoms with Gasteiger partial charge in [0.2, 0.25) is 0 Å². The van der Waals surface area contributed by atoms with Crippen molar-refractivity contribution in [2.24, 2.45) is 5.73 Å². The summed E-state index contributed by atoms with van der Waals surface area (Å²) in [6, 6.07) is 16.0. The molecule has 0 atom stereocenters. The summed E-state index contributed by atoms with van der Waals surface area (Å²) in [4.78, 5) is 4.19. The first-order valence-corrected chi connectivity index (χ1v) is 6.71. The minimum absolute atomic E-state index is 0.308. The van der Waals surface area contributed by atoms with Crippen LogP contribution in [0.15, 0.2) is 54.9 Å². The van der Waals surface area contributed by atoms with Gasteiger partial charge in [-0.3, -0.25) is 0 Å². The van der Waals surface area contributed by atoms with E-state index in [9.17, 15) is 0 Å². The Hall–Kier alpha value is -2.66. The first-order chi connectivity index (χ1) is 10.3. The van der Waals surface area contributed by atoms with Gasteiger partial charge in [-0.15, -0.1) is 5.10 Å². The summed E-state index contributed by atoms with van der Waals surface area (Å²) in [5, 5.41) is 4.33. The van der Waals surface area contributed by atoms with Crippen molar-refractivity contribution in [3.05, 3.63) is 66.0 Å².